The van der Waals surface area contributed by atoms with Gasteiger partial charge < -0.3 is 16.2 Å². The number of aliphatic hydroxyl groups is 1. The van der Waals surface area contributed by atoms with Crippen molar-refractivity contribution in [3.05, 3.63) is 24.0 Å². The number of nitrogens with two attached hydrogens (primary N) is 1. The predicted octanol–water partition coefficient (Wildman–Crippen LogP) is 0.697. The highest BCUT2D eigenvalue weighted by atomic mass is 16.3. The minimum atomic E-state index is -0.210. The summed E-state index contributed by atoms with van der Waals surface area (Å²) in [7, 11) is 0. The van der Waals surface area contributed by atoms with Crippen molar-refractivity contribution in [2.75, 3.05) is 5.73 Å². The van der Waals surface area contributed by atoms with Crippen LogP contribution in [0.25, 0.3) is 0 Å². The van der Waals surface area contributed by atoms with Crippen LogP contribution in [0.1, 0.15) is 36.2 Å². The first-order valence-corrected chi connectivity index (χ1v) is 5.85. The fraction of sp³-hybridized carbons (Fsp3) is 0.500. The van der Waals surface area contributed by atoms with E-state index >= 15 is 0 Å². The van der Waals surface area contributed by atoms with E-state index < -0.39 is 0 Å². The minimum absolute atomic E-state index is 0.144. The molecule has 2 rings (SSSR count). The van der Waals surface area contributed by atoms with Crippen molar-refractivity contribution >= 4 is 11.6 Å². The molecule has 0 spiro atoms. The summed E-state index contributed by atoms with van der Waals surface area (Å²) in [6.07, 6.45) is 4.40. The standard InChI is InChI=1S/C12H17N3O2/c13-8-1-6-11(14-7-8)12(17)15-9-2-4-10(16)5-3-9/h1,6-7,9-10,16H,2-5,13H2,(H,15,17). The Morgan fingerprint density at radius 2 is 2.06 bits per heavy atom. The van der Waals surface area contributed by atoms with Crippen molar-refractivity contribution in [1.82, 2.24) is 10.3 Å². The van der Waals surface area contributed by atoms with Gasteiger partial charge in [0.2, 0.25) is 0 Å². The summed E-state index contributed by atoms with van der Waals surface area (Å²) in [5.74, 6) is -0.175. The molecule has 5 nitrogen and oxygen atoms in total. The number of nitrogens with one attached hydrogen (secondary N) is 1. The van der Waals surface area contributed by atoms with Crippen LogP contribution in [0.3, 0.4) is 0 Å². The quantitative estimate of drug-likeness (QED) is 0.704. The lowest BCUT2D eigenvalue weighted by Crippen LogP contribution is -2.38. The van der Waals surface area contributed by atoms with Gasteiger partial charge in [0.05, 0.1) is 18.0 Å². The molecule has 1 amide bonds. The molecule has 4 N–H and O–H groups in total. The van der Waals surface area contributed by atoms with Gasteiger partial charge in [-0.1, -0.05) is 0 Å². The van der Waals surface area contributed by atoms with E-state index in [4.69, 9.17) is 5.73 Å². The molecule has 5 heteroatoms. The number of hydrogen-bond acceptors (Lipinski definition) is 4. The van der Waals surface area contributed by atoms with Gasteiger partial charge in [-0.15, -0.1) is 0 Å². The Kier molecular flexibility index (Phi) is 3.58. The zero-order valence-electron chi connectivity index (χ0n) is 9.60. The Labute approximate surface area is 100 Å². The highest BCUT2D eigenvalue weighted by Crippen LogP contribution is 2.18. The number of amides is 1. The Bertz CT molecular complexity index is 383. The maximum Gasteiger partial charge on any atom is 0.270 e. The normalized spacial score (nSPS) is 24.3. The van der Waals surface area contributed by atoms with Crippen molar-refractivity contribution in [1.29, 1.82) is 0 Å². The highest BCUT2D eigenvalue weighted by molar-refractivity contribution is 5.92. The maximum absolute atomic E-state index is 11.8. The van der Waals surface area contributed by atoms with Gasteiger partial charge in [-0.25, -0.2) is 4.98 Å². The molecule has 0 aliphatic heterocycles. The van der Waals surface area contributed by atoms with Crippen LogP contribution in [-0.4, -0.2) is 28.1 Å². The predicted molar refractivity (Wildman–Crippen MR) is 64.4 cm³/mol. The zero-order valence-corrected chi connectivity index (χ0v) is 9.60. The van der Waals surface area contributed by atoms with Crippen LogP contribution in [0.4, 0.5) is 5.69 Å². The van der Waals surface area contributed by atoms with Gasteiger partial charge in [-0.05, 0) is 37.8 Å². The van der Waals surface area contributed by atoms with Crippen molar-refractivity contribution in [3.63, 3.8) is 0 Å². The number of aliphatic hydroxyl groups excluding tert-OH is 1. The molecule has 17 heavy (non-hydrogen) atoms. The lowest BCUT2D eigenvalue weighted by atomic mass is 9.93. The SMILES string of the molecule is Nc1ccc(C(=O)NC2CCC(O)CC2)nc1. The third-order valence-electron chi connectivity index (χ3n) is 3.05. The first kappa shape index (κ1) is 11.9. The number of hydrogen-bond donors (Lipinski definition) is 3. The van der Waals surface area contributed by atoms with E-state index in [0.717, 1.165) is 25.7 Å². The average molecular weight is 235 g/mol. The van der Waals surface area contributed by atoms with E-state index in [1.807, 2.05) is 0 Å². The molecule has 1 heterocycles. The molecule has 1 saturated carbocycles. The molecule has 1 aromatic rings. The van der Waals surface area contributed by atoms with Crippen LogP contribution >= 0.6 is 0 Å². The minimum Gasteiger partial charge on any atom is -0.397 e. The first-order chi connectivity index (χ1) is 8.15. The van der Waals surface area contributed by atoms with E-state index in [1.165, 1.54) is 6.20 Å². The fourth-order valence-corrected chi connectivity index (χ4v) is 2.02. The van der Waals surface area contributed by atoms with Crippen LogP contribution in [0, 0.1) is 0 Å². The lowest BCUT2D eigenvalue weighted by Gasteiger charge is -2.25. The molecule has 1 aliphatic rings. The van der Waals surface area contributed by atoms with E-state index in [1.54, 1.807) is 12.1 Å². The second-order valence-corrected chi connectivity index (χ2v) is 4.46. The molecule has 0 unspecified atom stereocenters. The number of nitrogen functional groups attached to an aromatic ring is 1. The summed E-state index contributed by atoms with van der Waals surface area (Å²) in [6, 6.07) is 3.42. The molecule has 0 bridgehead atoms. The smallest absolute Gasteiger partial charge is 0.270 e. The van der Waals surface area contributed by atoms with E-state index in [-0.39, 0.29) is 18.1 Å². The molecule has 1 aromatic heterocycles. The van der Waals surface area contributed by atoms with Gasteiger partial charge in [-0.3, -0.25) is 4.79 Å². The molecule has 92 valence electrons. The maximum atomic E-state index is 11.8. The van der Waals surface area contributed by atoms with E-state index in [0.29, 0.717) is 11.4 Å². The summed E-state index contributed by atoms with van der Waals surface area (Å²) >= 11 is 0. The molecule has 0 atom stereocenters. The molecule has 1 aliphatic carbocycles. The van der Waals surface area contributed by atoms with Crippen LogP contribution in [0.15, 0.2) is 18.3 Å². The monoisotopic (exact) mass is 235 g/mol. The van der Waals surface area contributed by atoms with Crippen molar-refractivity contribution in [3.8, 4) is 0 Å². The summed E-state index contributed by atoms with van der Waals surface area (Å²) in [5, 5.41) is 12.3. The zero-order chi connectivity index (χ0) is 12.3. The number of pyridine rings is 1. The fourth-order valence-electron chi connectivity index (χ4n) is 2.02. The molecular weight excluding hydrogens is 218 g/mol. The van der Waals surface area contributed by atoms with Crippen molar-refractivity contribution in [2.45, 2.75) is 37.8 Å². The second kappa shape index (κ2) is 5.14. The first-order valence-electron chi connectivity index (χ1n) is 5.85. The van der Waals surface area contributed by atoms with Gasteiger partial charge in [0.15, 0.2) is 0 Å². The van der Waals surface area contributed by atoms with Gasteiger partial charge in [-0.2, -0.15) is 0 Å². The number of anilines is 1. The number of rotatable bonds is 2. The summed E-state index contributed by atoms with van der Waals surface area (Å²) in [5.41, 5.74) is 6.43. The second-order valence-electron chi connectivity index (χ2n) is 4.46. The van der Waals surface area contributed by atoms with Crippen LogP contribution in [0.2, 0.25) is 0 Å². The Hall–Kier alpha value is -1.62. The Balaban J connectivity index is 1.91. The Morgan fingerprint density at radius 3 is 2.65 bits per heavy atom. The third kappa shape index (κ3) is 3.17. The molecular formula is C12H17N3O2. The molecule has 0 aromatic carbocycles. The summed E-state index contributed by atoms with van der Waals surface area (Å²) < 4.78 is 0. The number of carbonyl (C=O) groups excluding carboxylic acids is 1. The lowest BCUT2D eigenvalue weighted by molar-refractivity contribution is 0.0863. The van der Waals surface area contributed by atoms with Crippen molar-refractivity contribution < 1.29 is 9.90 Å². The largest absolute Gasteiger partial charge is 0.397 e. The molecule has 1 fully saturated rings. The van der Waals surface area contributed by atoms with Crippen LogP contribution < -0.4 is 11.1 Å². The van der Waals surface area contributed by atoms with Gasteiger partial charge in [0, 0.05) is 6.04 Å². The van der Waals surface area contributed by atoms with Crippen LogP contribution in [0.5, 0.6) is 0 Å². The Morgan fingerprint density at radius 1 is 1.35 bits per heavy atom. The van der Waals surface area contributed by atoms with E-state index in [9.17, 15) is 9.90 Å². The van der Waals surface area contributed by atoms with Gasteiger partial charge in [0.1, 0.15) is 5.69 Å². The van der Waals surface area contributed by atoms with E-state index in [2.05, 4.69) is 10.3 Å². The summed E-state index contributed by atoms with van der Waals surface area (Å²) in [6.45, 7) is 0. The third-order valence-corrected chi connectivity index (χ3v) is 3.05. The number of carbonyl (C=O) groups is 1. The van der Waals surface area contributed by atoms with Gasteiger partial charge >= 0.3 is 0 Å². The molecule has 0 radical (unpaired) electrons. The van der Waals surface area contributed by atoms with Crippen molar-refractivity contribution in [2.24, 2.45) is 0 Å². The number of nitrogens with zero attached hydrogens (tertiary/aromatic N) is 1. The highest BCUT2D eigenvalue weighted by Gasteiger charge is 2.21. The average Bonchev–Trinajstić information content (AvgIpc) is 2.33. The molecule has 0 saturated heterocycles. The topological polar surface area (TPSA) is 88.2 Å². The van der Waals surface area contributed by atoms with Crippen LogP contribution in [-0.2, 0) is 0 Å². The number of aromatic nitrogens is 1. The summed E-state index contributed by atoms with van der Waals surface area (Å²) in [4.78, 5) is 15.8. The van der Waals surface area contributed by atoms with Gasteiger partial charge in [0.25, 0.3) is 5.91 Å².